The van der Waals surface area contributed by atoms with Crippen molar-refractivity contribution in [1.29, 1.82) is 0 Å². The van der Waals surface area contributed by atoms with E-state index in [0.29, 0.717) is 6.61 Å². The van der Waals surface area contributed by atoms with E-state index in [1.165, 1.54) is 0 Å². The first-order valence-electron chi connectivity index (χ1n) is 7.31. The number of hydrogen-bond donors (Lipinski definition) is 1. The third-order valence-corrected chi connectivity index (χ3v) is 4.56. The van der Waals surface area contributed by atoms with Crippen LogP contribution in [0.15, 0.2) is 24.3 Å². The summed E-state index contributed by atoms with van der Waals surface area (Å²) in [5.74, 6) is 1.75. The van der Waals surface area contributed by atoms with Crippen molar-refractivity contribution in [3.05, 3.63) is 24.3 Å². The van der Waals surface area contributed by atoms with E-state index < -0.39 is 0 Å². The van der Waals surface area contributed by atoms with Gasteiger partial charge in [0.15, 0.2) is 0 Å². The fraction of sp³-hybridized carbons (Fsp3) is 0.625. The molecule has 0 spiro atoms. The van der Waals surface area contributed by atoms with Crippen molar-refractivity contribution in [3.8, 4) is 11.5 Å². The van der Waals surface area contributed by atoms with E-state index >= 15 is 0 Å². The van der Waals surface area contributed by atoms with Crippen LogP contribution < -0.4 is 15.2 Å². The van der Waals surface area contributed by atoms with Crippen LogP contribution in [0.4, 0.5) is 0 Å². The molecule has 0 saturated heterocycles. The summed E-state index contributed by atoms with van der Waals surface area (Å²) in [6.45, 7) is 7.06. The quantitative estimate of drug-likeness (QED) is 0.855. The summed E-state index contributed by atoms with van der Waals surface area (Å²) in [5.41, 5.74) is 6.34. The molecular formula is C16H25NO2. The van der Waals surface area contributed by atoms with Gasteiger partial charge in [0.2, 0.25) is 0 Å². The summed E-state index contributed by atoms with van der Waals surface area (Å²) in [7, 11) is 0. The van der Waals surface area contributed by atoms with E-state index in [1.807, 2.05) is 31.2 Å². The van der Waals surface area contributed by atoms with Crippen LogP contribution in [-0.4, -0.2) is 18.8 Å². The van der Waals surface area contributed by atoms with E-state index in [-0.39, 0.29) is 17.6 Å². The Bertz CT molecular complexity index is 415. The summed E-state index contributed by atoms with van der Waals surface area (Å²) in [6.07, 6.45) is 3.32. The Morgan fingerprint density at radius 3 is 2.47 bits per heavy atom. The molecule has 106 valence electrons. The SMILES string of the molecule is CCOc1cccc(OC2CC(N)C2(CC)CC)c1. The lowest BCUT2D eigenvalue weighted by Crippen LogP contribution is -2.62. The van der Waals surface area contributed by atoms with Crippen LogP contribution in [-0.2, 0) is 0 Å². The molecule has 0 aliphatic heterocycles. The van der Waals surface area contributed by atoms with E-state index in [0.717, 1.165) is 30.8 Å². The maximum atomic E-state index is 6.20. The molecule has 0 bridgehead atoms. The van der Waals surface area contributed by atoms with E-state index in [2.05, 4.69) is 13.8 Å². The topological polar surface area (TPSA) is 44.5 Å². The molecule has 2 atom stereocenters. The van der Waals surface area contributed by atoms with Crippen LogP contribution in [0.3, 0.4) is 0 Å². The summed E-state index contributed by atoms with van der Waals surface area (Å²) in [5, 5.41) is 0. The van der Waals surface area contributed by atoms with Crippen molar-refractivity contribution >= 4 is 0 Å². The molecule has 2 unspecified atom stereocenters. The summed E-state index contributed by atoms with van der Waals surface area (Å²) < 4.78 is 11.6. The molecule has 3 heteroatoms. The highest BCUT2D eigenvalue weighted by Crippen LogP contribution is 2.47. The predicted molar refractivity (Wildman–Crippen MR) is 77.6 cm³/mol. The molecular weight excluding hydrogens is 238 g/mol. The largest absolute Gasteiger partial charge is 0.494 e. The highest BCUT2D eigenvalue weighted by Gasteiger charge is 2.52. The van der Waals surface area contributed by atoms with Gasteiger partial charge in [-0.3, -0.25) is 0 Å². The van der Waals surface area contributed by atoms with Crippen LogP contribution in [0, 0.1) is 5.41 Å². The smallest absolute Gasteiger partial charge is 0.123 e. The lowest BCUT2D eigenvalue weighted by atomic mass is 9.59. The lowest BCUT2D eigenvalue weighted by molar-refractivity contribution is -0.0723. The van der Waals surface area contributed by atoms with E-state index in [9.17, 15) is 0 Å². The number of nitrogens with two attached hydrogens (primary N) is 1. The molecule has 0 amide bonds. The molecule has 1 fully saturated rings. The Morgan fingerprint density at radius 2 is 1.89 bits per heavy atom. The highest BCUT2D eigenvalue weighted by atomic mass is 16.5. The van der Waals surface area contributed by atoms with Gasteiger partial charge in [-0.25, -0.2) is 0 Å². The monoisotopic (exact) mass is 263 g/mol. The van der Waals surface area contributed by atoms with Crippen molar-refractivity contribution in [2.75, 3.05) is 6.61 Å². The standard InChI is InChI=1S/C16H25NO2/c1-4-16(5-2)14(17)11-15(16)19-13-9-7-8-12(10-13)18-6-3/h7-10,14-15H,4-6,11,17H2,1-3H3. The van der Waals surface area contributed by atoms with Gasteiger partial charge >= 0.3 is 0 Å². The Balaban J connectivity index is 2.07. The molecule has 1 aliphatic rings. The summed E-state index contributed by atoms with van der Waals surface area (Å²) in [4.78, 5) is 0. The van der Waals surface area contributed by atoms with Crippen molar-refractivity contribution in [2.24, 2.45) is 11.1 Å². The van der Waals surface area contributed by atoms with Crippen LogP contribution in [0.25, 0.3) is 0 Å². The summed E-state index contributed by atoms with van der Waals surface area (Å²) >= 11 is 0. The van der Waals surface area contributed by atoms with Crippen LogP contribution >= 0.6 is 0 Å². The highest BCUT2D eigenvalue weighted by molar-refractivity contribution is 5.33. The average Bonchev–Trinajstić information content (AvgIpc) is 2.41. The van der Waals surface area contributed by atoms with Crippen molar-refractivity contribution in [3.63, 3.8) is 0 Å². The molecule has 0 aromatic heterocycles. The van der Waals surface area contributed by atoms with Gasteiger partial charge in [0, 0.05) is 23.9 Å². The molecule has 19 heavy (non-hydrogen) atoms. The lowest BCUT2D eigenvalue weighted by Gasteiger charge is -2.53. The van der Waals surface area contributed by atoms with Crippen LogP contribution in [0.2, 0.25) is 0 Å². The molecule has 1 saturated carbocycles. The first-order chi connectivity index (χ1) is 9.16. The zero-order valence-corrected chi connectivity index (χ0v) is 12.2. The van der Waals surface area contributed by atoms with Crippen molar-refractivity contribution in [2.45, 2.75) is 52.2 Å². The van der Waals surface area contributed by atoms with Crippen molar-refractivity contribution < 1.29 is 9.47 Å². The second kappa shape index (κ2) is 5.83. The van der Waals surface area contributed by atoms with Gasteiger partial charge in [-0.2, -0.15) is 0 Å². The maximum absolute atomic E-state index is 6.20. The number of hydrogen-bond acceptors (Lipinski definition) is 3. The molecule has 1 aromatic carbocycles. The van der Waals surface area contributed by atoms with Gasteiger partial charge in [-0.05, 0) is 31.9 Å². The predicted octanol–water partition coefficient (Wildman–Crippen LogP) is 3.37. The molecule has 0 heterocycles. The van der Waals surface area contributed by atoms with Gasteiger partial charge < -0.3 is 15.2 Å². The Kier molecular flexibility index (Phi) is 4.35. The van der Waals surface area contributed by atoms with Gasteiger partial charge in [-0.1, -0.05) is 19.9 Å². The first-order valence-corrected chi connectivity index (χ1v) is 7.31. The Labute approximate surface area is 116 Å². The molecule has 2 N–H and O–H groups in total. The average molecular weight is 263 g/mol. The third kappa shape index (κ3) is 2.57. The molecule has 1 aromatic rings. The van der Waals surface area contributed by atoms with Gasteiger partial charge in [0.1, 0.15) is 17.6 Å². The molecule has 0 radical (unpaired) electrons. The molecule has 2 rings (SSSR count). The Hall–Kier alpha value is -1.22. The van der Waals surface area contributed by atoms with Gasteiger partial charge in [0.05, 0.1) is 6.61 Å². The molecule has 1 aliphatic carbocycles. The zero-order valence-electron chi connectivity index (χ0n) is 12.2. The summed E-state index contributed by atoms with van der Waals surface area (Å²) in [6, 6.07) is 8.14. The van der Waals surface area contributed by atoms with Gasteiger partial charge in [0.25, 0.3) is 0 Å². The van der Waals surface area contributed by atoms with Crippen LogP contribution in [0.5, 0.6) is 11.5 Å². The zero-order chi connectivity index (χ0) is 13.9. The molecule has 3 nitrogen and oxygen atoms in total. The van der Waals surface area contributed by atoms with Gasteiger partial charge in [-0.15, -0.1) is 0 Å². The fourth-order valence-corrected chi connectivity index (χ4v) is 3.14. The van der Waals surface area contributed by atoms with E-state index in [1.54, 1.807) is 0 Å². The minimum Gasteiger partial charge on any atom is -0.494 e. The first kappa shape index (κ1) is 14.2. The van der Waals surface area contributed by atoms with Crippen molar-refractivity contribution in [1.82, 2.24) is 0 Å². The minimum atomic E-state index is 0.140. The minimum absolute atomic E-state index is 0.140. The third-order valence-electron chi connectivity index (χ3n) is 4.56. The number of rotatable bonds is 6. The van der Waals surface area contributed by atoms with Crippen LogP contribution in [0.1, 0.15) is 40.0 Å². The fourth-order valence-electron chi connectivity index (χ4n) is 3.14. The second-order valence-electron chi connectivity index (χ2n) is 5.30. The second-order valence-corrected chi connectivity index (χ2v) is 5.30. The number of benzene rings is 1. The normalized spacial score (nSPS) is 24.6. The number of ether oxygens (including phenoxy) is 2. The maximum Gasteiger partial charge on any atom is 0.123 e. The van der Waals surface area contributed by atoms with E-state index in [4.69, 9.17) is 15.2 Å². The Morgan fingerprint density at radius 1 is 1.21 bits per heavy atom.